The normalized spacial score (nSPS) is 16.0. The van der Waals surface area contributed by atoms with E-state index in [-0.39, 0.29) is 11.7 Å². The number of anilines is 2. The van der Waals surface area contributed by atoms with Gasteiger partial charge in [-0.3, -0.25) is 0 Å². The molecule has 0 bridgehead atoms. The predicted molar refractivity (Wildman–Crippen MR) is 269 cm³/mol. The molecule has 0 saturated carbocycles. The maximum absolute atomic E-state index is 11.0. The molecular formula is C50H60Br2N6O13. The van der Waals surface area contributed by atoms with Crippen molar-refractivity contribution in [2.24, 2.45) is 0 Å². The summed E-state index contributed by atoms with van der Waals surface area (Å²) in [6, 6.07) is 23.2. The van der Waals surface area contributed by atoms with E-state index in [1.807, 2.05) is 50.2 Å². The number of hydrogen-bond donors (Lipinski definition) is 1. The number of benzene rings is 4. The number of halogens is 2. The minimum absolute atomic E-state index is 0.120. The number of nitrogens with zero attached hydrogens (tertiary/aromatic N) is 6. The highest BCUT2D eigenvalue weighted by atomic mass is 79.9. The van der Waals surface area contributed by atoms with Crippen molar-refractivity contribution < 1.29 is 61.5 Å². The first-order valence-electron chi connectivity index (χ1n) is 22.9. The molecule has 2 aromatic heterocycles. The van der Waals surface area contributed by atoms with E-state index in [0.717, 1.165) is 75.1 Å². The van der Waals surface area contributed by atoms with Crippen molar-refractivity contribution in [3.05, 3.63) is 105 Å². The van der Waals surface area contributed by atoms with Gasteiger partial charge in [0.25, 0.3) is 11.8 Å². The Bertz CT molecular complexity index is 2540. The molecular weight excluding hydrogens is 1050 g/mol. The molecule has 4 heterocycles. The second kappa shape index (κ2) is 25.8. The van der Waals surface area contributed by atoms with E-state index < -0.39 is 30.7 Å². The third kappa shape index (κ3) is 13.0. The summed E-state index contributed by atoms with van der Waals surface area (Å²) in [5.41, 5.74) is 5.19. The lowest BCUT2D eigenvalue weighted by molar-refractivity contribution is -0.191. The second-order valence-corrected chi connectivity index (χ2v) is 17.6. The van der Waals surface area contributed by atoms with Crippen LogP contribution in [0.1, 0.15) is 61.0 Å². The van der Waals surface area contributed by atoms with E-state index in [4.69, 9.17) is 56.4 Å². The zero-order chi connectivity index (χ0) is 50.4. The van der Waals surface area contributed by atoms with Crippen molar-refractivity contribution in [2.45, 2.75) is 44.6 Å². The third-order valence-corrected chi connectivity index (χ3v) is 13.4. The Kier molecular flexibility index (Phi) is 19.5. The molecule has 0 amide bonds. The van der Waals surface area contributed by atoms with Crippen molar-refractivity contribution >= 4 is 43.2 Å². The van der Waals surface area contributed by atoms with Crippen LogP contribution in [0.4, 0.5) is 11.4 Å². The summed E-state index contributed by atoms with van der Waals surface area (Å²) in [6.45, 7) is 10.6. The highest BCUT2D eigenvalue weighted by Gasteiger charge is 2.33. The fourth-order valence-corrected chi connectivity index (χ4v) is 9.19. The van der Waals surface area contributed by atoms with Crippen molar-refractivity contribution in [3.63, 3.8) is 0 Å². The number of morpholine rings is 2. The van der Waals surface area contributed by atoms with Gasteiger partial charge in [0.15, 0.2) is 12.4 Å². The summed E-state index contributed by atoms with van der Waals surface area (Å²) < 4.78 is 68.5. The molecule has 4 aromatic carbocycles. The first-order valence-corrected chi connectivity index (χ1v) is 24.5. The maximum atomic E-state index is 11.0. The summed E-state index contributed by atoms with van der Waals surface area (Å²) in [6.07, 6.45) is -3.53. The summed E-state index contributed by atoms with van der Waals surface area (Å²) in [5, 5.41) is 19.2. The minimum atomic E-state index is -1.12. The van der Waals surface area contributed by atoms with Gasteiger partial charge in [-0.05, 0) is 105 Å². The standard InChI is InChI=1S/C27H34BrN3O7.C23H26BrN3O6/c1-6-36-17(2)37-25(24(34-5)18-7-9-20(10-8-18)31-11-13-35-14-12-31)26-29-27(38-30-26)19-15-21(32-3)23(28)22(16-19)33-4;1-29-17-12-15(13-18(30-2)19(17)24)23-25-22(26-33-23)20(28)21(31-3)14-4-6-16(7-5-14)27-8-10-32-11-9-27/h7-10,15-17,24-25H,6,11-14H2,1-5H3;4-7,12-13,20-21,28H,8-11H2,1-3H3. The van der Waals surface area contributed by atoms with Gasteiger partial charge < -0.3 is 71.3 Å². The van der Waals surface area contributed by atoms with E-state index >= 15 is 0 Å². The molecule has 0 radical (unpaired) electrons. The number of aromatic nitrogens is 4. The third-order valence-electron chi connectivity index (χ3n) is 11.8. The Morgan fingerprint density at radius 1 is 0.577 bits per heavy atom. The number of methoxy groups -OCH3 is 6. The van der Waals surface area contributed by atoms with E-state index in [1.165, 1.54) is 7.11 Å². The van der Waals surface area contributed by atoms with Crippen LogP contribution >= 0.6 is 31.9 Å². The average molecular weight is 1110 g/mol. The van der Waals surface area contributed by atoms with E-state index in [0.29, 0.717) is 61.4 Å². The first-order chi connectivity index (χ1) is 34.5. The summed E-state index contributed by atoms with van der Waals surface area (Å²) in [5.74, 6) is 3.23. The Hall–Kier alpha value is -5.36. The zero-order valence-corrected chi connectivity index (χ0v) is 44.1. The lowest BCUT2D eigenvalue weighted by Gasteiger charge is -2.30. The lowest BCUT2D eigenvalue weighted by Crippen LogP contribution is -2.36. The molecule has 21 heteroatoms. The van der Waals surface area contributed by atoms with Crippen LogP contribution in [-0.2, 0) is 28.4 Å². The summed E-state index contributed by atoms with van der Waals surface area (Å²) in [7, 11) is 9.44. The summed E-state index contributed by atoms with van der Waals surface area (Å²) in [4.78, 5) is 13.6. The second-order valence-electron chi connectivity index (χ2n) is 16.0. The zero-order valence-electron chi connectivity index (χ0n) is 41.0. The molecule has 0 spiro atoms. The molecule has 5 unspecified atom stereocenters. The number of aliphatic hydroxyl groups is 1. The summed E-state index contributed by atoms with van der Waals surface area (Å²) >= 11 is 6.93. The minimum Gasteiger partial charge on any atom is -0.495 e. The lowest BCUT2D eigenvalue weighted by atomic mass is 10.0. The Balaban J connectivity index is 0.000000211. The molecule has 1 N–H and O–H groups in total. The number of ether oxygens (including phenoxy) is 10. The molecule has 19 nitrogen and oxygen atoms in total. The monoisotopic (exact) mass is 1110 g/mol. The van der Waals surface area contributed by atoms with Crippen LogP contribution in [0.5, 0.6) is 23.0 Å². The van der Waals surface area contributed by atoms with Gasteiger partial charge in [0.1, 0.15) is 50.3 Å². The van der Waals surface area contributed by atoms with Gasteiger partial charge >= 0.3 is 0 Å². The van der Waals surface area contributed by atoms with Crippen molar-refractivity contribution in [1.82, 2.24) is 20.3 Å². The smallest absolute Gasteiger partial charge is 0.258 e. The van der Waals surface area contributed by atoms with Gasteiger partial charge in [-0.25, -0.2) is 0 Å². The van der Waals surface area contributed by atoms with Gasteiger partial charge in [0.05, 0.1) is 54.9 Å². The van der Waals surface area contributed by atoms with Gasteiger partial charge in [-0.15, -0.1) is 0 Å². The fourth-order valence-electron chi connectivity index (χ4n) is 8.08. The van der Waals surface area contributed by atoms with Crippen molar-refractivity contribution in [1.29, 1.82) is 0 Å². The highest BCUT2D eigenvalue weighted by Crippen LogP contribution is 2.42. The van der Waals surface area contributed by atoms with Crippen molar-refractivity contribution in [3.8, 4) is 45.9 Å². The topological polar surface area (TPSA) is 197 Å². The number of rotatable bonds is 20. The predicted octanol–water partition coefficient (Wildman–Crippen LogP) is 8.95. The quantitative estimate of drug-likeness (QED) is 0.0710. The van der Waals surface area contributed by atoms with E-state index in [1.54, 1.807) is 59.8 Å². The van der Waals surface area contributed by atoms with Crippen LogP contribution in [0.3, 0.4) is 0 Å². The van der Waals surface area contributed by atoms with Crippen LogP contribution < -0.4 is 28.7 Å². The van der Waals surface area contributed by atoms with Crippen molar-refractivity contribution in [2.75, 3.05) is 112 Å². The molecule has 0 aliphatic carbocycles. The molecule has 2 saturated heterocycles. The van der Waals surface area contributed by atoms with Gasteiger partial charge in [0.2, 0.25) is 11.6 Å². The van der Waals surface area contributed by atoms with E-state index in [2.05, 4.69) is 74.1 Å². The molecule has 2 aliphatic rings. The molecule has 2 aliphatic heterocycles. The van der Waals surface area contributed by atoms with Crippen LogP contribution in [0.15, 0.2) is 90.8 Å². The highest BCUT2D eigenvalue weighted by molar-refractivity contribution is 9.11. The Labute approximate surface area is 429 Å². The Morgan fingerprint density at radius 2 is 0.972 bits per heavy atom. The van der Waals surface area contributed by atoms with Crippen LogP contribution in [-0.4, -0.2) is 134 Å². The maximum Gasteiger partial charge on any atom is 0.258 e. The van der Waals surface area contributed by atoms with Crippen LogP contribution in [0.2, 0.25) is 0 Å². The number of aliphatic hydroxyl groups excluding tert-OH is 1. The van der Waals surface area contributed by atoms with Gasteiger partial charge in [-0.2, -0.15) is 9.97 Å². The van der Waals surface area contributed by atoms with Gasteiger partial charge in [-0.1, -0.05) is 34.6 Å². The average Bonchev–Trinajstić information content (AvgIpc) is 4.12. The van der Waals surface area contributed by atoms with E-state index in [9.17, 15) is 5.11 Å². The largest absolute Gasteiger partial charge is 0.495 e. The molecule has 8 rings (SSSR count). The fraction of sp³-hybridized carbons (Fsp3) is 0.440. The SMILES string of the molecule is CCOC(C)OC(c1noc(-c2cc(OC)c(Br)c(OC)c2)n1)C(OC)c1ccc(N2CCOCC2)cc1.COc1cc(-c2nc(C(O)C(OC)c3ccc(N4CCOCC4)cc3)no2)cc(OC)c1Br. The Morgan fingerprint density at radius 3 is 1.37 bits per heavy atom. The molecule has 5 atom stereocenters. The number of hydrogen-bond acceptors (Lipinski definition) is 19. The molecule has 71 heavy (non-hydrogen) atoms. The molecule has 6 aromatic rings. The van der Waals surface area contributed by atoms with Crippen LogP contribution in [0, 0.1) is 0 Å². The van der Waals surface area contributed by atoms with Gasteiger partial charge in [0, 0.05) is 69.5 Å². The first kappa shape index (κ1) is 53.4. The van der Waals surface area contributed by atoms with Crippen LogP contribution in [0.25, 0.3) is 22.9 Å². The molecule has 2 fully saturated rings. The molecule has 382 valence electrons.